The van der Waals surface area contributed by atoms with Crippen LogP contribution in [0.2, 0.25) is 0 Å². The molecule has 9 nitrogen and oxygen atoms in total. The van der Waals surface area contributed by atoms with Crippen LogP contribution in [0.1, 0.15) is 6.42 Å². The molecule has 1 atom stereocenters. The number of hydrogen-bond acceptors (Lipinski definition) is 6. The van der Waals surface area contributed by atoms with Gasteiger partial charge in [-0.3, -0.25) is 14.9 Å². The summed E-state index contributed by atoms with van der Waals surface area (Å²) in [6.07, 6.45) is 0.823. The number of amides is 1. The van der Waals surface area contributed by atoms with Crippen LogP contribution < -0.4 is 5.32 Å². The van der Waals surface area contributed by atoms with Gasteiger partial charge in [-0.05, 0) is 19.0 Å². The second-order valence-electron chi connectivity index (χ2n) is 5.67. The van der Waals surface area contributed by atoms with Gasteiger partial charge in [-0.1, -0.05) is 6.07 Å². The number of hydrogen-bond donors (Lipinski definition) is 1. The number of halogens is 1. The number of likely N-dealkylation sites (N-methyl/N-ethyl adjacent to an activating group) is 2. The molecule has 25 heavy (non-hydrogen) atoms. The minimum atomic E-state index is -3.98. The second-order valence-corrected chi connectivity index (χ2v) is 7.71. The van der Waals surface area contributed by atoms with Crippen LogP contribution in [-0.2, 0) is 14.8 Å². The third kappa shape index (κ3) is 4.88. The van der Waals surface area contributed by atoms with Gasteiger partial charge in [0.2, 0.25) is 15.9 Å². The van der Waals surface area contributed by atoms with Gasteiger partial charge in [-0.2, -0.15) is 4.31 Å². The molecule has 1 heterocycles. The van der Waals surface area contributed by atoms with Crippen molar-refractivity contribution in [2.75, 3.05) is 33.7 Å². The molecule has 1 amide bonds. The van der Waals surface area contributed by atoms with E-state index in [1.165, 1.54) is 25.2 Å². The lowest BCUT2D eigenvalue weighted by Crippen LogP contribution is -2.44. The van der Waals surface area contributed by atoms with Crippen molar-refractivity contribution in [2.24, 2.45) is 0 Å². The monoisotopic (exact) mass is 392 g/mol. The maximum Gasteiger partial charge on any atom is 0.270 e. The van der Waals surface area contributed by atoms with E-state index in [2.05, 4.69) is 5.32 Å². The summed E-state index contributed by atoms with van der Waals surface area (Å²) in [6.45, 7) is 1.19. The summed E-state index contributed by atoms with van der Waals surface area (Å²) in [5, 5.41) is 13.9. The molecule has 1 aliphatic heterocycles. The predicted molar refractivity (Wildman–Crippen MR) is 94.2 cm³/mol. The minimum absolute atomic E-state index is 0. The Morgan fingerprint density at radius 2 is 2.08 bits per heavy atom. The molecule has 140 valence electrons. The van der Waals surface area contributed by atoms with Crippen LogP contribution in [0.4, 0.5) is 5.69 Å². The van der Waals surface area contributed by atoms with Gasteiger partial charge in [0.1, 0.15) is 0 Å². The van der Waals surface area contributed by atoms with Gasteiger partial charge < -0.3 is 10.2 Å². The van der Waals surface area contributed by atoms with Crippen LogP contribution in [0.3, 0.4) is 0 Å². The van der Waals surface area contributed by atoms with Crippen molar-refractivity contribution >= 4 is 34.0 Å². The Morgan fingerprint density at radius 1 is 1.40 bits per heavy atom. The zero-order valence-electron chi connectivity index (χ0n) is 13.9. The number of non-ortho nitro benzene ring substituents is 1. The molecule has 0 bridgehead atoms. The van der Waals surface area contributed by atoms with E-state index < -0.39 is 14.9 Å². The normalized spacial score (nSPS) is 17.2. The van der Waals surface area contributed by atoms with Crippen LogP contribution in [0, 0.1) is 10.1 Å². The van der Waals surface area contributed by atoms with E-state index >= 15 is 0 Å². The maximum absolute atomic E-state index is 12.5. The van der Waals surface area contributed by atoms with Gasteiger partial charge in [0, 0.05) is 38.8 Å². The van der Waals surface area contributed by atoms with Crippen LogP contribution in [0.25, 0.3) is 0 Å². The molecule has 0 saturated carbocycles. The molecule has 1 aliphatic rings. The van der Waals surface area contributed by atoms with Crippen molar-refractivity contribution < 1.29 is 18.1 Å². The van der Waals surface area contributed by atoms with E-state index in [1.807, 2.05) is 0 Å². The third-order valence-electron chi connectivity index (χ3n) is 4.07. The van der Waals surface area contributed by atoms with E-state index in [0.29, 0.717) is 6.54 Å². The van der Waals surface area contributed by atoms with E-state index in [9.17, 15) is 23.3 Å². The van der Waals surface area contributed by atoms with Crippen molar-refractivity contribution in [3.63, 3.8) is 0 Å². The highest BCUT2D eigenvalue weighted by Gasteiger charge is 2.28. The molecule has 11 heteroatoms. The molecule has 0 radical (unpaired) electrons. The fraction of sp³-hybridized carbons (Fsp3) is 0.500. The first-order valence-corrected chi connectivity index (χ1v) is 8.84. The van der Waals surface area contributed by atoms with Crippen molar-refractivity contribution in [3.05, 3.63) is 34.4 Å². The number of nitrogens with one attached hydrogen (secondary N) is 1. The van der Waals surface area contributed by atoms with E-state index in [0.717, 1.165) is 23.3 Å². The fourth-order valence-corrected chi connectivity index (χ4v) is 3.66. The van der Waals surface area contributed by atoms with E-state index in [-0.39, 0.29) is 41.5 Å². The third-order valence-corrected chi connectivity index (χ3v) is 5.87. The zero-order chi connectivity index (χ0) is 17.9. The highest BCUT2D eigenvalue weighted by atomic mass is 35.5. The SMILES string of the molecule is CN(C(=O)CN(C)S(=O)(=O)c1cccc([N+](=O)[O-])c1)C1CCNC1.Cl. The fourth-order valence-electron chi connectivity index (χ4n) is 2.50. The van der Waals surface area contributed by atoms with Gasteiger partial charge in [0.05, 0.1) is 16.4 Å². The smallest absolute Gasteiger partial charge is 0.270 e. The zero-order valence-corrected chi connectivity index (χ0v) is 15.5. The summed E-state index contributed by atoms with van der Waals surface area (Å²) in [5.41, 5.74) is -0.315. The van der Waals surface area contributed by atoms with Gasteiger partial charge >= 0.3 is 0 Å². The maximum atomic E-state index is 12.5. The molecule has 0 spiro atoms. The van der Waals surface area contributed by atoms with Gasteiger partial charge in [0.25, 0.3) is 5.69 Å². The van der Waals surface area contributed by atoms with Crippen LogP contribution in [-0.4, -0.2) is 68.2 Å². The number of benzene rings is 1. The number of carbonyl (C=O) groups excluding carboxylic acids is 1. The van der Waals surface area contributed by atoms with E-state index in [4.69, 9.17) is 0 Å². The lowest BCUT2D eigenvalue weighted by Gasteiger charge is -2.26. The second kappa shape index (κ2) is 8.56. The number of nitro groups is 1. The predicted octanol–water partition coefficient (Wildman–Crippen LogP) is 0.457. The summed E-state index contributed by atoms with van der Waals surface area (Å²) in [7, 11) is -1.05. The molecule has 1 fully saturated rings. The number of carbonyl (C=O) groups is 1. The highest BCUT2D eigenvalue weighted by Crippen LogP contribution is 2.20. The lowest BCUT2D eigenvalue weighted by molar-refractivity contribution is -0.385. The molecule has 0 aromatic heterocycles. The molecule has 1 aromatic carbocycles. The average Bonchev–Trinajstić information content (AvgIpc) is 3.08. The summed E-state index contributed by atoms with van der Waals surface area (Å²) >= 11 is 0. The Labute approximate surface area is 152 Å². The van der Waals surface area contributed by atoms with Crippen LogP contribution >= 0.6 is 12.4 Å². The van der Waals surface area contributed by atoms with Crippen molar-refractivity contribution in [1.82, 2.24) is 14.5 Å². The van der Waals surface area contributed by atoms with E-state index in [1.54, 1.807) is 11.9 Å². The Balaban J connectivity index is 0.00000312. The number of sulfonamides is 1. The number of nitrogens with zero attached hydrogens (tertiary/aromatic N) is 3. The summed E-state index contributed by atoms with van der Waals surface area (Å²) < 4.78 is 25.9. The van der Waals surface area contributed by atoms with Crippen LogP contribution in [0.15, 0.2) is 29.2 Å². The molecule has 1 unspecified atom stereocenters. The van der Waals surface area contributed by atoms with Gasteiger partial charge in [0.15, 0.2) is 0 Å². The van der Waals surface area contributed by atoms with Crippen molar-refractivity contribution in [1.29, 1.82) is 0 Å². The first-order valence-electron chi connectivity index (χ1n) is 7.40. The standard InChI is InChI=1S/C14H20N4O5S.ClH/c1-16(10-14(19)17(2)12-6-7-15-9-12)24(22,23)13-5-3-4-11(8-13)18(20)21;/h3-5,8,12,15H,6-7,9-10H2,1-2H3;1H. The Kier molecular flexibility index (Phi) is 7.29. The van der Waals surface area contributed by atoms with Gasteiger partial charge in [-0.25, -0.2) is 8.42 Å². The molecule has 2 rings (SSSR count). The van der Waals surface area contributed by atoms with Crippen molar-refractivity contribution in [2.45, 2.75) is 17.4 Å². The summed E-state index contributed by atoms with van der Waals surface area (Å²) in [4.78, 5) is 23.7. The number of nitro benzene ring substituents is 1. The largest absolute Gasteiger partial charge is 0.340 e. The molecule has 1 saturated heterocycles. The van der Waals surface area contributed by atoms with Crippen molar-refractivity contribution in [3.8, 4) is 0 Å². The Morgan fingerprint density at radius 3 is 2.64 bits per heavy atom. The highest BCUT2D eigenvalue weighted by molar-refractivity contribution is 7.89. The number of rotatable bonds is 6. The van der Waals surface area contributed by atoms with Gasteiger partial charge in [-0.15, -0.1) is 12.4 Å². The first-order chi connectivity index (χ1) is 11.2. The Hall–Kier alpha value is -1.75. The summed E-state index contributed by atoms with van der Waals surface area (Å²) in [6, 6.07) is 4.82. The molecule has 1 N–H and O–H groups in total. The summed E-state index contributed by atoms with van der Waals surface area (Å²) in [5.74, 6) is -0.319. The molecule has 1 aromatic rings. The Bertz CT molecular complexity index is 736. The van der Waals surface area contributed by atoms with Crippen LogP contribution in [0.5, 0.6) is 0 Å². The first kappa shape index (κ1) is 21.3. The minimum Gasteiger partial charge on any atom is -0.340 e. The topological polar surface area (TPSA) is 113 Å². The molecule has 0 aliphatic carbocycles. The average molecular weight is 393 g/mol. The molecular weight excluding hydrogens is 372 g/mol. The quantitative estimate of drug-likeness (QED) is 0.555. The molecular formula is C14H21ClN4O5S. The lowest BCUT2D eigenvalue weighted by atomic mass is 10.2.